The molecule has 0 aliphatic rings. The van der Waals surface area contributed by atoms with Crippen molar-refractivity contribution in [1.82, 2.24) is 9.78 Å². The maximum atomic E-state index is 11.2. The number of hydrogen-bond acceptors (Lipinski definition) is 2. The fourth-order valence-electron chi connectivity index (χ4n) is 2.00. The Morgan fingerprint density at radius 3 is 2.75 bits per heavy atom. The summed E-state index contributed by atoms with van der Waals surface area (Å²) < 4.78 is 1.64. The van der Waals surface area contributed by atoms with Crippen LogP contribution in [0.25, 0.3) is 5.69 Å². The average molecular weight is 309 g/mol. The minimum Gasteiger partial charge on any atom is -0.298 e. The Bertz CT molecular complexity index is 649. The second-order valence-electron chi connectivity index (χ2n) is 4.56. The third-order valence-electron chi connectivity index (χ3n) is 3.05. The highest BCUT2D eigenvalue weighted by Gasteiger charge is 2.15. The predicted molar refractivity (Wildman–Crippen MR) is 82.2 cm³/mol. The lowest BCUT2D eigenvalue weighted by atomic mass is 10.0. The van der Waals surface area contributed by atoms with Gasteiger partial charge in [-0.3, -0.25) is 4.79 Å². The van der Waals surface area contributed by atoms with Crippen molar-refractivity contribution in [2.45, 2.75) is 19.3 Å². The molecule has 1 atom stereocenters. The first-order valence-electron chi connectivity index (χ1n) is 6.18. The highest BCUT2D eigenvalue weighted by atomic mass is 35.5. The first kappa shape index (κ1) is 14.8. The molecule has 0 spiro atoms. The van der Waals surface area contributed by atoms with Crippen LogP contribution in [-0.4, -0.2) is 16.1 Å². The molecule has 1 heterocycles. The fourth-order valence-corrected chi connectivity index (χ4v) is 2.29. The second-order valence-corrected chi connectivity index (χ2v) is 5.37. The van der Waals surface area contributed by atoms with Crippen LogP contribution in [0.15, 0.2) is 37.1 Å². The summed E-state index contributed by atoms with van der Waals surface area (Å²) in [5.74, 6) is 0.136. The summed E-state index contributed by atoms with van der Waals surface area (Å²) in [5, 5.41) is 5.41. The van der Waals surface area contributed by atoms with E-state index in [1.807, 2.05) is 13.0 Å². The molecule has 0 saturated heterocycles. The van der Waals surface area contributed by atoms with Crippen molar-refractivity contribution >= 4 is 29.5 Å². The van der Waals surface area contributed by atoms with Crippen molar-refractivity contribution in [2.75, 3.05) is 0 Å². The van der Waals surface area contributed by atoms with Crippen LogP contribution < -0.4 is 0 Å². The van der Waals surface area contributed by atoms with E-state index in [4.69, 9.17) is 23.2 Å². The molecule has 0 bridgehead atoms. The first-order chi connectivity index (χ1) is 9.56. The highest BCUT2D eigenvalue weighted by Crippen LogP contribution is 2.26. The number of carbonyl (C=O) groups is 1. The minimum atomic E-state index is 0.136. The van der Waals surface area contributed by atoms with E-state index in [1.54, 1.807) is 29.1 Å². The number of rotatable bonds is 5. The molecule has 104 valence electrons. The van der Waals surface area contributed by atoms with Crippen LogP contribution in [0.3, 0.4) is 0 Å². The lowest BCUT2D eigenvalue weighted by Crippen LogP contribution is -1.99. The van der Waals surface area contributed by atoms with Gasteiger partial charge in [-0.25, -0.2) is 4.68 Å². The van der Waals surface area contributed by atoms with E-state index in [2.05, 4.69) is 11.7 Å². The van der Waals surface area contributed by atoms with E-state index in [0.717, 1.165) is 24.1 Å². The van der Waals surface area contributed by atoms with Crippen LogP contribution >= 0.6 is 23.2 Å². The topological polar surface area (TPSA) is 34.9 Å². The SMILES string of the molecule is C=CCC(C)c1nn(-c2ccc(Cl)c(Cl)c2)cc1C=O. The van der Waals surface area contributed by atoms with E-state index in [1.165, 1.54) is 0 Å². The monoisotopic (exact) mass is 308 g/mol. The molecule has 5 heteroatoms. The Hall–Kier alpha value is -1.58. The second kappa shape index (κ2) is 6.25. The third-order valence-corrected chi connectivity index (χ3v) is 3.79. The first-order valence-corrected chi connectivity index (χ1v) is 6.93. The van der Waals surface area contributed by atoms with E-state index in [-0.39, 0.29) is 5.92 Å². The Kier molecular flexibility index (Phi) is 4.63. The molecule has 2 aromatic rings. The van der Waals surface area contributed by atoms with Crippen LogP contribution in [-0.2, 0) is 0 Å². The summed E-state index contributed by atoms with van der Waals surface area (Å²) in [6.07, 6.45) is 5.09. The Morgan fingerprint density at radius 2 is 2.15 bits per heavy atom. The Morgan fingerprint density at radius 1 is 1.40 bits per heavy atom. The van der Waals surface area contributed by atoms with Gasteiger partial charge < -0.3 is 0 Å². The van der Waals surface area contributed by atoms with Crippen LogP contribution in [0.4, 0.5) is 0 Å². The molecule has 0 N–H and O–H groups in total. The number of aromatic nitrogens is 2. The van der Waals surface area contributed by atoms with E-state index >= 15 is 0 Å². The standard InChI is InChI=1S/C15H14Cl2N2O/c1-3-4-10(2)15-11(9-20)8-19(18-15)12-5-6-13(16)14(17)7-12/h3,5-10H,1,4H2,2H3. The number of allylic oxidation sites excluding steroid dienone is 1. The van der Waals surface area contributed by atoms with Gasteiger partial charge in [0, 0.05) is 12.1 Å². The van der Waals surface area contributed by atoms with Crippen molar-refractivity contribution < 1.29 is 4.79 Å². The molecule has 2 rings (SSSR count). The van der Waals surface area contributed by atoms with Crippen LogP contribution in [0, 0.1) is 0 Å². The summed E-state index contributed by atoms with van der Waals surface area (Å²) >= 11 is 11.9. The largest absolute Gasteiger partial charge is 0.298 e. The van der Waals surface area contributed by atoms with Gasteiger partial charge in [0.05, 0.1) is 27.0 Å². The fraction of sp³-hybridized carbons (Fsp3) is 0.200. The molecular weight excluding hydrogens is 295 g/mol. The molecule has 1 aromatic carbocycles. The van der Waals surface area contributed by atoms with Crippen molar-refractivity contribution in [3.05, 3.63) is 58.4 Å². The normalized spacial score (nSPS) is 12.2. The van der Waals surface area contributed by atoms with Gasteiger partial charge in [0.25, 0.3) is 0 Å². The lowest BCUT2D eigenvalue weighted by Gasteiger charge is -2.06. The molecular formula is C15H14Cl2N2O. The van der Waals surface area contributed by atoms with Crippen LogP contribution in [0.2, 0.25) is 10.0 Å². The van der Waals surface area contributed by atoms with E-state index in [0.29, 0.717) is 15.6 Å². The van der Waals surface area contributed by atoms with Crippen molar-refractivity contribution in [3.63, 3.8) is 0 Å². The van der Waals surface area contributed by atoms with Gasteiger partial charge in [-0.2, -0.15) is 5.10 Å². The van der Waals surface area contributed by atoms with Gasteiger partial charge in [-0.05, 0) is 24.6 Å². The predicted octanol–water partition coefficient (Wildman–Crippen LogP) is 4.67. The molecule has 0 saturated carbocycles. The number of carbonyl (C=O) groups excluding carboxylic acids is 1. The maximum absolute atomic E-state index is 11.2. The zero-order valence-corrected chi connectivity index (χ0v) is 12.5. The number of halogens is 2. The Balaban J connectivity index is 2.45. The molecule has 3 nitrogen and oxygen atoms in total. The summed E-state index contributed by atoms with van der Waals surface area (Å²) in [7, 11) is 0. The van der Waals surface area contributed by atoms with Crippen molar-refractivity contribution in [2.24, 2.45) is 0 Å². The third kappa shape index (κ3) is 2.94. The number of aldehydes is 1. The number of nitrogens with zero attached hydrogens (tertiary/aromatic N) is 2. The highest BCUT2D eigenvalue weighted by molar-refractivity contribution is 6.42. The lowest BCUT2D eigenvalue weighted by molar-refractivity contribution is 0.112. The zero-order chi connectivity index (χ0) is 14.7. The Labute approximate surface area is 127 Å². The molecule has 0 radical (unpaired) electrons. The zero-order valence-electron chi connectivity index (χ0n) is 11.0. The van der Waals surface area contributed by atoms with Gasteiger partial charge >= 0.3 is 0 Å². The van der Waals surface area contributed by atoms with Crippen molar-refractivity contribution in [3.8, 4) is 5.69 Å². The van der Waals surface area contributed by atoms with Gasteiger partial charge in [-0.1, -0.05) is 36.2 Å². The van der Waals surface area contributed by atoms with E-state index < -0.39 is 0 Å². The van der Waals surface area contributed by atoms with Crippen LogP contribution in [0.1, 0.15) is 35.3 Å². The summed E-state index contributed by atoms with van der Waals surface area (Å²) in [4.78, 5) is 11.2. The summed E-state index contributed by atoms with van der Waals surface area (Å²) in [6, 6.07) is 5.22. The summed E-state index contributed by atoms with van der Waals surface area (Å²) in [5.41, 5.74) is 2.09. The molecule has 1 aromatic heterocycles. The molecule has 1 unspecified atom stereocenters. The van der Waals surface area contributed by atoms with E-state index in [9.17, 15) is 4.79 Å². The van der Waals surface area contributed by atoms with Gasteiger partial charge in [0.15, 0.2) is 6.29 Å². The smallest absolute Gasteiger partial charge is 0.153 e. The number of benzene rings is 1. The molecule has 0 aliphatic heterocycles. The molecule has 0 aliphatic carbocycles. The molecule has 0 fully saturated rings. The van der Waals surface area contributed by atoms with Gasteiger partial charge in [-0.15, -0.1) is 6.58 Å². The van der Waals surface area contributed by atoms with Gasteiger partial charge in [0.2, 0.25) is 0 Å². The minimum absolute atomic E-state index is 0.136. The van der Waals surface area contributed by atoms with Crippen molar-refractivity contribution in [1.29, 1.82) is 0 Å². The quantitative estimate of drug-likeness (QED) is 0.594. The average Bonchev–Trinajstić information content (AvgIpc) is 2.86. The number of hydrogen-bond donors (Lipinski definition) is 0. The molecule has 0 amide bonds. The summed E-state index contributed by atoms with van der Waals surface area (Å²) in [6.45, 7) is 5.72. The van der Waals surface area contributed by atoms with Crippen LogP contribution in [0.5, 0.6) is 0 Å². The maximum Gasteiger partial charge on any atom is 0.153 e. The van der Waals surface area contributed by atoms with Gasteiger partial charge in [0.1, 0.15) is 0 Å². The molecule has 20 heavy (non-hydrogen) atoms.